The monoisotopic (exact) mass is 328 g/mol. The summed E-state index contributed by atoms with van der Waals surface area (Å²) in [4.78, 5) is 15.9. The number of anilines is 1. The van der Waals surface area contributed by atoms with Gasteiger partial charge in [0.05, 0.1) is 18.6 Å². The number of ether oxygens (including phenoxy) is 1. The van der Waals surface area contributed by atoms with E-state index in [9.17, 15) is 4.79 Å². The van der Waals surface area contributed by atoms with Crippen molar-refractivity contribution in [3.63, 3.8) is 0 Å². The second-order valence-corrected chi connectivity index (χ2v) is 5.32. The zero-order valence-electron chi connectivity index (χ0n) is 12.9. The Morgan fingerprint density at radius 3 is 2.61 bits per heavy atom. The summed E-state index contributed by atoms with van der Waals surface area (Å²) in [6, 6.07) is 10.8. The Labute approximate surface area is 139 Å². The van der Waals surface area contributed by atoms with Crippen LogP contribution in [0.2, 0.25) is 0 Å². The first kappa shape index (κ1) is 15.3. The molecule has 0 spiro atoms. The van der Waals surface area contributed by atoms with Crippen molar-refractivity contribution in [2.45, 2.75) is 6.92 Å². The number of hydrogen-bond acceptors (Lipinski definition) is 4. The van der Waals surface area contributed by atoms with Gasteiger partial charge >= 0.3 is 0 Å². The fourth-order valence-electron chi connectivity index (χ4n) is 2.35. The van der Waals surface area contributed by atoms with Crippen molar-refractivity contribution < 1.29 is 13.9 Å². The molecule has 3 rings (SSSR count). The van der Waals surface area contributed by atoms with Crippen LogP contribution in [-0.4, -0.2) is 29.6 Å². The Bertz CT molecular complexity index is 751. The lowest BCUT2D eigenvalue weighted by Gasteiger charge is -2.16. The highest BCUT2D eigenvalue weighted by Crippen LogP contribution is 2.29. The van der Waals surface area contributed by atoms with E-state index in [1.807, 2.05) is 31.2 Å². The molecule has 0 N–H and O–H groups in total. The second-order valence-electron chi connectivity index (χ2n) is 4.95. The first-order chi connectivity index (χ1) is 11.1. The molecule has 0 aliphatic carbocycles. The highest BCUT2D eigenvalue weighted by atomic mass is 32.1. The molecule has 0 radical (unpaired) electrons. The van der Waals surface area contributed by atoms with Crippen LogP contribution in [0.25, 0.3) is 6.08 Å². The van der Waals surface area contributed by atoms with Crippen molar-refractivity contribution in [2.24, 2.45) is 0 Å². The van der Waals surface area contributed by atoms with Crippen molar-refractivity contribution >= 4 is 35.0 Å². The molecular formula is C17H16N2O3S. The van der Waals surface area contributed by atoms with E-state index in [1.54, 1.807) is 36.4 Å². The molecule has 2 aromatic rings. The quantitative estimate of drug-likeness (QED) is 0.637. The molecule has 23 heavy (non-hydrogen) atoms. The SMILES string of the molecule is CCOc1ccc(N2C(=O)C(=Cc3ccco3)N(C)C2=S)cc1. The molecule has 6 heteroatoms. The molecule has 1 aromatic carbocycles. The van der Waals surface area contributed by atoms with Crippen molar-refractivity contribution in [2.75, 3.05) is 18.6 Å². The second kappa shape index (κ2) is 6.26. The van der Waals surface area contributed by atoms with E-state index in [4.69, 9.17) is 21.4 Å². The smallest absolute Gasteiger partial charge is 0.281 e. The molecule has 0 bridgehead atoms. The van der Waals surface area contributed by atoms with Crippen molar-refractivity contribution in [1.29, 1.82) is 0 Å². The predicted octanol–water partition coefficient (Wildman–Crippen LogP) is 3.28. The van der Waals surface area contributed by atoms with E-state index >= 15 is 0 Å². The summed E-state index contributed by atoms with van der Waals surface area (Å²) in [7, 11) is 1.77. The van der Waals surface area contributed by atoms with Gasteiger partial charge in [-0.25, -0.2) is 0 Å². The molecule has 5 nitrogen and oxygen atoms in total. The van der Waals surface area contributed by atoms with Crippen LogP contribution in [0.3, 0.4) is 0 Å². The molecule has 1 amide bonds. The van der Waals surface area contributed by atoms with Crippen LogP contribution in [0.1, 0.15) is 12.7 Å². The summed E-state index contributed by atoms with van der Waals surface area (Å²) >= 11 is 5.41. The zero-order valence-corrected chi connectivity index (χ0v) is 13.7. The first-order valence-corrected chi connectivity index (χ1v) is 7.63. The maximum Gasteiger partial charge on any atom is 0.281 e. The van der Waals surface area contributed by atoms with Crippen LogP contribution in [0.4, 0.5) is 5.69 Å². The summed E-state index contributed by atoms with van der Waals surface area (Å²) in [5, 5.41) is 0.428. The number of thiocarbonyl (C=S) groups is 1. The zero-order chi connectivity index (χ0) is 16.4. The number of benzene rings is 1. The van der Waals surface area contributed by atoms with Gasteiger partial charge in [-0.2, -0.15) is 0 Å². The number of furan rings is 1. The number of amides is 1. The minimum atomic E-state index is -0.182. The van der Waals surface area contributed by atoms with Crippen LogP contribution in [0.5, 0.6) is 5.75 Å². The molecule has 0 atom stereocenters. The van der Waals surface area contributed by atoms with Crippen LogP contribution in [0.15, 0.2) is 52.8 Å². The van der Waals surface area contributed by atoms with E-state index in [0.29, 0.717) is 28.9 Å². The fraction of sp³-hybridized carbons (Fsp3) is 0.176. The fourth-order valence-corrected chi connectivity index (χ4v) is 2.64. The normalized spacial score (nSPS) is 16.5. The van der Waals surface area contributed by atoms with Gasteiger partial charge in [0.15, 0.2) is 5.11 Å². The van der Waals surface area contributed by atoms with Crippen molar-refractivity contribution in [1.82, 2.24) is 4.90 Å². The van der Waals surface area contributed by atoms with Crippen LogP contribution in [-0.2, 0) is 4.79 Å². The number of carbonyl (C=O) groups is 1. The Morgan fingerprint density at radius 1 is 1.26 bits per heavy atom. The van der Waals surface area contributed by atoms with Gasteiger partial charge in [-0.05, 0) is 55.5 Å². The standard InChI is InChI=1S/C17H16N2O3S/c1-3-21-13-8-6-12(7-9-13)19-16(20)15(18(2)17(19)23)11-14-5-4-10-22-14/h4-11H,3H2,1-2H3. The summed E-state index contributed by atoms with van der Waals surface area (Å²) in [6.07, 6.45) is 3.25. The first-order valence-electron chi connectivity index (χ1n) is 7.22. The molecule has 1 saturated heterocycles. The molecule has 1 aliphatic heterocycles. The number of rotatable bonds is 4. The van der Waals surface area contributed by atoms with Crippen LogP contribution >= 0.6 is 12.2 Å². The maximum absolute atomic E-state index is 12.7. The molecule has 0 saturated carbocycles. The van der Waals surface area contributed by atoms with E-state index in [-0.39, 0.29) is 5.91 Å². The average molecular weight is 328 g/mol. The molecule has 2 heterocycles. The highest BCUT2D eigenvalue weighted by molar-refractivity contribution is 7.80. The number of hydrogen-bond donors (Lipinski definition) is 0. The van der Waals surface area contributed by atoms with Gasteiger partial charge in [-0.15, -0.1) is 0 Å². The lowest BCUT2D eigenvalue weighted by Crippen LogP contribution is -2.31. The molecule has 1 aromatic heterocycles. The van der Waals surface area contributed by atoms with Gasteiger partial charge in [-0.3, -0.25) is 9.69 Å². The molecule has 1 fully saturated rings. The minimum Gasteiger partial charge on any atom is -0.494 e. The summed E-state index contributed by atoms with van der Waals surface area (Å²) in [6.45, 7) is 2.52. The minimum absolute atomic E-state index is 0.182. The Kier molecular flexibility index (Phi) is 4.16. The summed E-state index contributed by atoms with van der Waals surface area (Å²) < 4.78 is 10.7. The Morgan fingerprint density at radius 2 is 2.00 bits per heavy atom. The maximum atomic E-state index is 12.7. The predicted molar refractivity (Wildman–Crippen MR) is 92.1 cm³/mol. The van der Waals surface area contributed by atoms with Crippen molar-refractivity contribution in [3.05, 3.63) is 54.1 Å². The van der Waals surface area contributed by atoms with Gasteiger partial charge in [0.2, 0.25) is 0 Å². The van der Waals surface area contributed by atoms with Gasteiger partial charge < -0.3 is 14.1 Å². The van der Waals surface area contributed by atoms with E-state index in [0.717, 1.165) is 5.75 Å². The largest absolute Gasteiger partial charge is 0.494 e. The third kappa shape index (κ3) is 2.85. The lowest BCUT2D eigenvalue weighted by atomic mass is 10.2. The number of nitrogens with zero attached hydrogens (tertiary/aromatic N) is 2. The third-order valence-electron chi connectivity index (χ3n) is 3.49. The third-order valence-corrected chi connectivity index (χ3v) is 3.95. The average Bonchev–Trinajstić information content (AvgIpc) is 3.13. The van der Waals surface area contributed by atoms with Crippen molar-refractivity contribution in [3.8, 4) is 5.75 Å². The Balaban J connectivity index is 1.91. The Hall–Kier alpha value is -2.60. The van der Waals surface area contributed by atoms with Gasteiger partial charge in [0.1, 0.15) is 17.2 Å². The van der Waals surface area contributed by atoms with Gasteiger partial charge in [0.25, 0.3) is 5.91 Å². The van der Waals surface area contributed by atoms with Crippen LogP contribution in [0, 0.1) is 0 Å². The molecule has 118 valence electrons. The lowest BCUT2D eigenvalue weighted by molar-refractivity contribution is -0.114. The van der Waals surface area contributed by atoms with Crippen LogP contribution < -0.4 is 9.64 Å². The van der Waals surface area contributed by atoms with E-state index < -0.39 is 0 Å². The highest BCUT2D eigenvalue weighted by Gasteiger charge is 2.36. The molecular weight excluding hydrogens is 312 g/mol. The summed E-state index contributed by atoms with van der Waals surface area (Å²) in [5.74, 6) is 1.18. The molecule has 1 aliphatic rings. The van der Waals surface area contributed by atoms with Gasteiger partial charge in [-0.1, -0.05) is 0 Å². The number of carbonyl (C=O) groups excluding carboxylic acids is 1. The van der Waals surface area contributed by atoms with E-state index in [1.165, 1.54) is 4.90 Å². The number of likely N-dealkylation sites (N-methyl/N-ethyl adjacent to an activating group) is 1. The topological polar surface area (TPSA) is 45.9 Å². The molecule has 0 unspecified atom stereocenters. The van der Waals surface area contributed by atoms with Gasteiger partial charge in [0, 0.05) is 13.1 Å². The van der Waals surface area contributed by atoms with E-state index in [2.05, 4.69) is 0 Å². The summed E-state index contributed by atoms with van der Waals surface area (Å²) in [5.41, 5.74) is 1.18.